The van der Waals surface area contributed by atoms with E-state index in [2.05, 4.69) is 15.6 Å². The summed E-state index contributed by atoms with van der Waals surface area (Å²) in [6, 6.07) is 10.0. The predicted molar refractivity (Wildman–Crippen MR) is 106 cm³/mol. The fraction of sp³-hybridized carbons (Fsp3) is 0.471. The fourth-order valence-electron chi connectivity index (χ4n) is 1.98. The van der Waals surface area contributed by atoms with Crippen molar-refractivity contribution >= 4 is 40.9 Å². The zero-order valence-corrected chi connectivity index (χ0v) is 16.5. The molecule has 1 aromatic heterocycles. The van der Waals surface area contributed by atoms with Crippen LogP contribution < -0.4 is 10.6 Å². The average Bonchev–Trinajstić information content (AvgIpc) is 2.93. The van der Waals surface area contributed by atoms with Gasteiger partial charge in [-0.25, -0.2) is 4.99 Å². The molecular formula is C17H26IN3O2. The molecule has 0 fully saturated rings. The summed E-state index contributed by atoms with van der Waals surface area (Å²) in [4.78, 5) is 4.56. The van der Waals surface area contributed by atoms with Gasteiger partial charge < -0.3 is 19.8 Å². The number of ether oxygens (including phenoxy) is 1. The molecule has 0 aliphatic rings. The van der Waals surface area contributed by atoms with Gasteiger partial charge in [-0.2, -0.15) is 0 Å². The Bertz CT molecular complexity index is 605. The van der Waals surface area contributed by atoms with E-state index < -0.39 is 0 Å². The van der Waals surface area contributed by atoms with E-state index in [4.69, 9.17) is 9.15 Å². The molecule has 1 aromatic carbocycles. The predicted octanol–water partition coefficient (Wildman–Crippen LogP) is 3.53. The first-order valence-corrected chi connectivity index (χ1v) is 7.59. The average molecular weight is 431 g/mol. The lowest BCUT2D eigenvalue weighted by atomic mass is 10.1. The van der Waals surface area contributed by atoms with E-state index in [1.165, 1.54) is 0 Å². The molecule has 2 aromatic rings. The van der Waals surface area contributed by atoms with Crippen LogP contribution in [-0.2, 0) is 11.3 Å². The Balaban J connectivity index is 0.00000264. The largest absolute Gasteiger partial charge is 0.459 e. The second kappa shape index (κ2) is 9.12. The second-order valence-corrected chi connectivity index (χ2v) is 5.76. The van der Waals surface area contributed by atoms with E-state index in [1.54, 1.807) is 7.11 Å². The molecule has 2 N–H and O–H groups in total. The van der Waals surface area contributed by atoms with Crippen LogP contribution in [0.2, 0.25) is 0 Å². The third kappa shape index (κ3) is 6.02. The molecule has 0 spiro atoms. The van der Waals surface area contributed by atoms with Gasteiger partial charge in [-0.15, -0.1) is 24.0 Å². The number of fused-ring (bicyclic) bond motifs is 1. The van der Waals surface area contributed by atoms with Crippen molar-refractivity contribution in [3.8, 4) is 0 Å². The zero-order chi connectivity index (χ0) is 16.0. The minimum atomic E-state index is -0.241. The monoisotopic (exact) mass is 431 g/mol. The van der Waals surface area contributed by atoms with E-state index in [0.717, 1.165) is 29.2 Å². The first-order chi connectivity index (χ1) is 10.5. The van der Waals surface area contributed by atoms with Crippen LogP contribution in [0, 0.1) is 0 Å². The number of rotatable bonds is 6. The molecule has 1 heterocycles. The van der Waals surface area contributed by atoms with Gasteiger partial charge in [0.05, 0.1) is 5.60 Å². The molecule has 0 unspecified atom stereocenters. The Morgan fingerprint density at radius 2 is 2.00 bits per heavy atom. The molecule has 0 amide bonds. The first kappa shape index (κ1) is 19.8. The third-order valence-electron chi connectivity index (χ3n) is 3.45. The molecule has 0 aliphatic heterocycles. The van der Waals surface area contributed by atoms with Crippen molar-refractivity contribution in [2.75, 3.05) is 20.2 Å². The minimum Gasteiger partial charge on any atom is -0.459 e. The van der Waals surface area contributed by atoms with Gasteiger partial charge >= 0.3 is 0 Å². The molecule has 23 heavy (non-hydrogen) atoms. The number of methoxy groups -OCH3 is 1. The molecule has 0 aliphatic carbocycles. The normalized spacial score (nSPS) is 12.1. The molecule has 5 nitrogen and oxygen atoms in total. The molecule has 0 saturated heterocycles. The highest BCUT2D eigenvalue weighted by atomic mass is 127. The maximum Gasteiger partial charge on any atom is 0.191 e. The minimum absolute atomic E-state index is 0. The first-order valence-electron chi connectivity index (χ1n) is 7.59. The maximum atomic E-state index is 5.78. The van der Waals surface area contributed by atoms with Crippen molar-refractivity contribution in [1.82, 2.24) is 10.6 Å². The van der Waals surface area contributed by atoms with Crippen molar-refractivity contribution in [3.63, 3.8) is 0 Å². The van der Waals surface area contributed by atoms with Crippen LogP contribution in [0.3, 0.4) is 0 Å². The van der Waals surface area contributed by atoms with Gasteiger partial charge in [0.25, 0.3) is 0 Å². The van der Waals surface area contributed by atoms with Gasteiger partial charge in [-0.1, -0.05) is 18.2 Å². The van der Waals surface area contributed by atoms with E-state index in [-0.39, 0.29) is 29.6 Å². The van der Waals surface area contributed by atoms with Gasteiger partial charge in [0.1, 0.15) is 17.9 Å². The number of furan rings is 1. The van der Waals surface area contributed by atoms with Crippen molar-refractivity contribution in [3.05, 3.63) is 36.1 Å². The Morgan fingerprint density at radius 1 is 1.26 bits per heavy atom. The third-order valence-corrected chi connectivity index (χ3v) is 3.45. The topological polar surface area (TPSA) is 58.8 Å². The highest BCUT2D eigenvalue weighted by molar-refractivity contribution is 14.0. The Kier molecular flexibility index (Phi) is 7.84. The Hall–Kier alpha value is -1.28. The van der Waals surface area contributed by atoms with Gasteiger partial charge in [0.15, 0.2) is 5.96 Å². The lowest BCUT2D eigenvalue weighted by molar-refractivity contribution is 0.0268. The van der Waals surface area contributed by atoms with Crippen LogP contribution in [0.5, 0.6) is 0 Å². The molecule has 2 rings (SSSR count). The van der Waals surface area contributed by atoms with Crippen LogP contribution in [0.25, 0.3) is 11.0 Å². The summed E-state index contributed by atoms with van der Waals surface area (Å²) in [5.74, 6) is 1.61. The summed E-state index contributed by atoms with van der Waals surface area (Å²) in [6.07, 6.45) is 0. The molecule has 0 atom stereocenters. The van der Waals surface area contributed by atoms with Crippen molar-refractivity contribution in [2.24, 2.45) is 4.99 Å². The zero-order valence-electron chi connectivity index (χ0n) is 14.2. The van der Waals surface area contributed by atoms with E-state index in [1.807, 2.05) is 51.1 Å². The molecule has 128 valence electrons. The number of halogens is 1. The SMILES string of the molecule is CCNC(=NCc1cc2ccccc2o1)NCC(C)(C)OC.I. The standard InChI is InChI=1S/C17H25N3O2.HI/c1-5-18-16(20-12-17(2,3)21-4)19-11-14-10-13-8-6-7-9-15(13)22-14;/h6-10H,5,11-12H2,1-4H3,(H2,18,19,20);1H. The number of hydrogen-bond donors (Lipinski definition) is 2. The number of benzene rings is 1. The van der Waals surface area contributed by atoms with Crippen LogP contribution in [-0.4, -0.2) is 31.8 Å². The summed E-state index contributed by atoms with van der Waals surface area (Å²) < 4.78 is 11.2. The molecule has 0 bridgehead atoms. The van der Waals surface area contributed by atoms with Gasteiger partial charge in [-0.3, -0.25) is 0 Å². The van der Waals surface area contributed by atoms with Crippen molar-refractivity contribution in [1.29, 1.82) is 0 Å². The highest BCUT2D eigenvalue weighted by Crippen LogP contribution is 2.19. The Labute approximate surface area is 154 Å². The van der Waals surface area contributed by atoms with E-state index in [9.17, 15) is 0 Å². The number of para-hydroxylation sites is 1. The van der Waals surface area contributed by atoms with Crippen LogP contribution in [0.1, 0.15) is 26.5 Å². The molecule has 0 radical (unpaired) electrons. The van der Waals surface area contributed by atoms with E-state index in [0.29, 0.717) is 13.1 Å². The summed E-state index contributed by atoms with van der Waals surface area (Å²) in [7, 11) is 1.71. The Morgan fingerprint density at radius 3 is 2.65 bits per heavy atom. The summed E-state index contributed by atoms with van der Waals surface area (Å²) >= 11 is 0. The number of nitrogens with zero attached hydrogens (tertiary/aromatic N) is 1. The van der Waals surface area contributed by atoms with Crippen LogP contribution in [0.15, 0.2) is 39.7 Å². The van der Waals surface area contributed by atoms with Gasteiger partial charge in [-0.05, 0) is 32.9 Å². The van der Waals surface area contributed by atoms with Crippen molar-refractivity contribution in [2.45, 2.75) is 32.9 Å². The number of guanidine groups is 1. The smallest absolute Gasteiger partial charge is 0.191 e. The summed E-state index contributed by atoms with van der Waals surface area (Å²) in [5.41, 5.74) is 0.654. The number of hydrogen-bond acceptors (Lipinski definition) is 3. The lowest BCUT2D eigenvalue weighted by Gasteiger charge is -2.24. The summed E-state index contributed by atoms with van der Waals surface area (Å²) in [5, 5.41) is 7.62. The van der Waals surface area contributed by atoms with Gasteiger partial charge in [0.2, 0.25) is 0 Å². The molecule has 0 saturated carbocycles. The number of aliphatic imine (C=N–C) groups is 1. The number of nitrogens with one attached hydrogen (secondary N) is 2. The maximum absolute atomic E-state index is 5.78. The highest BCUT2D eigenvalue weighted by Gasteiger charge is 2.16. The lowest BCUT2D eigenvalue weighted by Crippen LogP contribution is -2.45. The molecule has 6 heteroatoms. The van der Waals surface area contributed by atoms with Crippen molar-refractivity contribution < 1.29 is 9.15 Å². The second-order valence-electron chi connectivity index (χ2n) is 5.76. The van der Waals surface area contributed by atoms with Crippen LogP contribution >= 0.6 is 24.0 Å². The van der Waals surface area contributed by atoms with Crippen LogP contribution in [0.4, 0.5) is 0 Å². The van der Waals surface area contributed by atoms with Gasteiger partial charge in [0, 0.05) is 25.6 Å². The molecular weight excluding hydrogens is 405 g/mol. The van der Waals surface area contributed by atoms with E-state index >= 15 is 0 Å². The fourth-order valence-corrected chi connectivity index (χ4v) is 1.98. The summed E-state index contributed by atoms with van der Waals surface area (Å²) in [6.45, 7) is 8.08. The quantitative estimate of drug-likeness (QED) is 0.418.